The van der Waals surface area contributed by atoms with E-state index in [-0.39, 0.29) is 17.2 Å². The molecule has 1 heterocycles. The highest BCUT2D eigenvalue weighted by atomic mass is 32.2. The molecule has 0 radical (unpaired) electrons. The first-order valence-electron chi connectivity index (χ1n) is 6.74. The van der Waals surface area contributed by atoms with Crippen LogP contribution >= 0.6 is 0 Å². The predicted molar refractivity (Wildman–Crippen MR) is 79.3 cm³/mol. The summed E-state index contributed by atoms with van der Waals surface area (Å²) in [5, 5.41) is 5.53. The quantitative estimate of drug-likeness (QED) is 0.879. The van der Waals surface area contributed by atoms with E-state index in [4.69, 9.17) is 0 Å². The topological polar surface area (TPSA) is 75.3 Å². The summed E-state index contributed by atoms with van der Waals surface area (Å²) in [5.74, 6) is -0.770. The second kappa shape index (κ2) is 5.73. The third-order valence-corrected chi connectivity index (χ3v) is 5.50. The zero-order valence-corrected chi connectivity index (χ0v) is 12.8. The zero-order chi connectivity index (χ0) is 15.7. The molecular formula is C14H19FN2O3S. The molecule has 2 rings (SSSR count). The van der Waals surface area contributed by atoms with E-state index in [2.05, 4.69) is 10.6 Å². The number of carbonyl (C=O) groups excluding carboxylic acids is 1. The van der Waals surface area contributed by atoms with Gasteiger partial charge in [-0.25, -0.2) is 12.8 Å². The number of carbonyl (C=O) groups is 1. The maximum atomic E-state index is 13.5. The van der Waals surface area contributed by atoms with Crippen molar-refractivity contribution < 1.29 is 17.6 Å². The Hall–Kier alpha value is -1.47. The molecule has 0 aliphatic carbocycles. The molecule has 2 N–H and O–H groups in total. The Kier molecular flexibility index (Phi) is 4.34. The van der Waals surface area contributed by atoms with Gasteiger partial charge in [0.15, 0.2) is 9.84 Å². The SMILES string of the molecule is CC(NC1(C)CCS(=O)(=O)C1)C(=O)Nc1ccccc1F. The number of hydrogen-bond donors (Lipinski definition) is 2. The second-order valence-corrected chi connectivity index (χ2v) is 7.92. The third-order valence-electron chi connectivity index (χ3n) is 3.59. The summed E-state index contributed by atoms with van der Waals surface area (Å²) in [6.45, 7) is 3.41. The Morgan fingerprint density at radius 3 is 2.62 bits per heavy atom. The Labute approximate surface area is 123 Å². The molecule has 5 nitrogen and oxygen atoms in total. The van der Waals surface area contributed by atoms with Gasteiger partial charge >= 0.3 is 0 Å². The van der Waals surface area contributed by atoms with Crippen LogP contribution in [0.5, 0.6) is 0 Å². The standard InChI is InChI=1S/C14H19FN2O3S/c1-10(17-14(2)7-8-21(19,20)9-14)13(18)16-12-6-4-3-5-11(12)15/h3-6,10,17H,7-9H2,1-2H3,(H,16,18). The van der Waals surface area contributed by atoms with Crippen molar-refractivity contribution in [2.75, 3.05) is 16.8 Å². The van der Waals surface area contributed by atoms with E-state index >= 15 is 0 Å². The van der Waals surface area contributed by atoms with Gasteiger partial charge < -0.3 is 5.32 Å². The lowest BCUT2D eigenvalue weighted by atomic mass is 10.0. The van der Waals surface area contributed by atoms with Crippen LogP contribution in [0.4, 0.5) is 10.1 Å². The summed E-state index contributed by atoms with van der Waals surface area (Å²) in [6, 6.07) is 5.28. The molecule has 1 aliphatic heterocycles. The number of halogens is 1. The number of anilines is 1. The van der Waals surface area contributed by atoms with Crippen molar-refractivity contribution in [3.05, 3.63) is 30.1 Å². The van der Waals surface area contributed by atoms with Gasteiger partial charge in [0.25, 0.3) is 0 Å². The first-order valence-corrected chi connectivity index (χ1v) is 8.56. The molecule has 2 unspecified atom stereocenters. The summed E-state index contributed by atoms with van der Waals surface area (Å²) in [7, 11) is -3.05. The molecule has 116 valence electrons. The van der Waals surface area contributed by atoms with E-state index in [1.54, 1.807) is 19.9 Å². The second-order valence-electron chi connectivity index (χ2n) is 5.74. The van der Waals surface area contributed by atoms with Crippen molar-refractivity contribution in [2.24, 2.45) is 0 Å². The van der Waals surface area contributed by atoms with Gasteiger partial charge in [-0.05, 0) is 32.4 Å². The molecule has 0 bridgehead atoms. The lowest BCUT2D eigenvalue weighted by Gasteiger charge is -2.28. The zero-order valence-electron chi connectivity index (χ0n) is 12.0. The molecule has 0 saturated carbocycles. The summed E-state index contributed by atoms with van der Waals surface area (Å²) in [4.78, 5) is 12.1. The summed E-state index contributed by atoms with van der Waals surface area (Å²) in [5.41, 5.74) is -0.509. The first-order chi connectivity index (χ1) is 9.71. The van der Waals surface area contributed by atoms with Crippen molar-refractivity contribution in [1.29, 1.82) is 0 Å². The fourth-order valence-electron chi connectivity index (χ4n) is 2.52. The van der Waals surface area contributed by atoms with E-state index in [9.17, 15) is 17.6 Å². The van der Waals surface area contributed by atoms with Gasteiger partial charge in [0.05, 0.1) is 23.2 Å². The van der Waals surface area contributed by atoms with Crippen LogP contribution in [-0.4, -0.2) is 37.4 Å². The highest BCUT2D eigenvalue weighted by Gasteiger charge is 2.39. The van der Waals surface area contributed by atoms with Crippen LogP contribution in [0.1, 0.15) is 20.3 Å². The number of benzene rings is 1. The molecule has 1 aromatic rings. The van der Waals surface area contributed by atoms with Gasteiger partial charge in [0.1, 0.15) is 5.82 Å². The van der Waals surface area contributed by atoms with Gasteiger partial charge in [-0.15, -0.1) is 0 Å². The number of hydrogen-bond acceptors (Lipinski definition) is 4. The number of sulfone groups is 1. The fraction of sp³-hybridized carbons (Fsp3) is 0.500. The van der Waals surface area contributed by atoms with Gasteiger partial charge in [0, 0.05) is 5.54 Å². The van der Waals surface area contributed by atoms with Crippen molar-refractivity contribution in [3.63, 3.8) is 0 Å². The van der Waals surface area contributed by atoms with Crippen molar-refractivity contribution in [2.45, 2.75) is 31.8 Å². The van der Waals surface area contributed by atoms with E-state index in [0.29, 0.717) is 6.42 Å². The molecule has 1 aromatic carbocycles. The minimum absolute atomic E-state index is 0.0112. The average molecular weight is 314 g/mol. The highest BCUT2D eigenvalue weighted by Crippen LogP contribution is 2.23. The smallest absolute Gasteiger partial charge is 0.241 e. The van der Waals surface area contributed by atoms with Gasteiger partial charge in [-0.1, -0.05) is 12.1 Å². The molecule has 2 atom stereocenters. The molecule has 1 fully saturated rings. The minimum atomic E-state index is -3.05. The molecular weight excluding hydrogens is 295 g/mol. The molecule has 1 amide bonds. The van der Waals surface area contributed by atoms with Crippen LogP contribution in [0.15, 0.2) is 24.3 Å². The van der Waals surface area contributed by atoms with Crippen LogP contribution in [0.3, 0.4) is 0 Å². The van der Waals surface area contributed by atoms with Crippen LogP contribution in [0.2, 0.25) is 0 Å². The fourth-order valence-corrected chi connectivity index (χ4v) is 4.62. The normalized spacial score (nSPS) is 25.5. The van der Waals surface area contributed by atoms with Crippen LogP contribution < -0.4 is 10.6 Å². The maximum absolute atomic E-state index is 13.5. The third kappa shape index (κ3) is 4.01. The van der Waals surface area contributed by atoms with Crippen LogP contribution in [-0.2, 0) is 14.6 Å². The molecule has 1 aliphatic rings. The number of amides is 1. The lowest BCUT2D eigenvalue weighted by Crippen LogP contribution is -2.52. The van der Waals surface area contributed by atoms with Crippen LogP contribution in [0.25, 0.3) is 0 Å². The van der Waals surface area contributed by atoms with Gasteiger partial charge in [-0.3, -0.25) is 10.1 Å². The molecule has 0 aromatic heterocycles. The average Bonchev–Trinajstić information content (AvgIpc) is 2.66. The summed E-state index contributed by atoms with van der Waals surface area (Å²) >= 11 is 0. The molecule has 21 heavy (non-hydrogen) atoms. The molecule has 0 spiro atoms. The minimum Gasteiger partial charge on any atom is -0.322 e. The van der Waals surface area contributed by atoms with Gasteiger partial charge in [0.2, 0.25) is 5.91 Å². The summed E-state index contributed by atoms with van der Waals surface area (Å²) < 4.78 is 36.6. The number of nitrogens with one attached hydrogen (secondary N) is 2. The van der Waals surface area contributed by atoms with Crippen molar-refractivity contribution >= 4 is 21.4 Å². The Balaban J connectivity index is 1.99. The Bertz CT molecular complexity index is 647. The predicted octanol–water partition coefficient (Wildman–Crippen LogP) is 1.32. The Morgan fingerprint density at radius 1 is 1.38 bits per heavy atom. The molecule has 7 heteroatoms. The largest absolute Gasteiger partial charge is 0.322 e. The van der Waals surface area contributed by atoms with E-state index in [0.717, 1.165) is 0 Å². The van der Waals surface area contributed by atoms with Crippen molar-refractivity contribution in [1.82, 2.24) is 5.32 Å². The molecule has 1 saturated heterocycles. The van der Waals surface area contributed by atoms with Gasteiger partial charge in [-0.2, -0.15) is 0 Å². The highest BCUT2D eigenvalue weighted by molar-refractivity contribution is 7.91. The number of para-hydroxylation sites is 1. The van der Waals surface area contributed by atoms with E-state index in [1.165, 1.54) is 18.2 Å². The maximum Gasteiger partial charge on any atom is 0.241 e. The van der Waals surface area contributed by atoms with E-state index in [1.807, 2.05) is 0 Å². The van der Waals surface area contributed by atoms with E-state index < -0.39 is 33.1 Å². The summed E-state index contributed by atoms with van der Waals surface area (Å²) in [6.07, 6.45) is 0.465. The number of rotatable bonds is 4. The monoisotopic (exact) mass is 314 g/mol. The Morgan fingerprint density at radius 2 is 2.05 bits per heavy atom. The van der Waals surface area contributed by atoms with Crippen molar-refractivity contribution in [3.8, 4) is 0 Å². The van der Waals surface area contributed by atoms with Crippen LogP contribution in [0, 0.1) is 5.82 Å². The first kappa shape index (κ1) is 15.9. The lowest BCUT2D eigenvalue weighted by molar-refractivity contribution is -0.118.